The molecular weight excluding hydrogens is 301 g/mol. The number of nitrogens with two attached hydrogens (primary N) is 1. The van der Waals surface area contributed by atoms with Crippen LogP contribution in [0.5, 0.6) is 0 Å². The molecule has 1 aromatic heterocycles. The summed E-state index contributed by atoms with van der Waals surface area (Å²) in [6, 6.07) is 4.04. The smallest absolute Gasteiger partial charge is 0.243 e. The summed E-state index contributed by atoms with van der Waals surface area (Å²) < 4.78 is 19.0. The highest BCUT2D eigenvalue weighted by Gasteiger charge is 2.16. The van der Waals surface area contributed by atoms with E-state index in [0.29, 0.717) is 21.8 Å². The highest BCUT2D eigenvalue weighted by Crippen LogP contribution is 2.27. The van der Waals surface area contributed by atoms with Gasteiger partial charge in [-0.15, -0.1) is 0 Å². The van der Waals surface area contributed by atoms with Gasteiger partial charge in [-0.1, -0.05) is 34.4 Å². The zero-order chi connectivity index (χ0) is 13.1. The minimum Gasteiger partial charge on any atom is -0.337 e. The molecule has 6 heteroatoms. The lowest BCUT2D eigenvalue weighted by atomic mass is 10.2. The minimum absolute atomic E-state index is 0.274. The molecule has 96 valence electrons. The summed E-state index contributed by atoms with van der Waals surface area (Å²) in [5, 5.41) is 3.83. The molecular formula is C12H13BrFN3O. The van der Waals surface area contributed by atoms with Crippen molar-refractivity contribution in [2.75, 3.05) is 0 Å². The van der Waals surface area contributed by atoms with Crippen molar-refractivity contribution in [1.82, 2.24) is 10.1 Å². The quantitative estimate of drug-likeness (QED) is 0.939. The molecule has 0 amide bonds. The van der Waals surface area contributed by atoms with E-state index in [1.54, 1.807) is 6.07 Å². The van der Waals surface area contributed by atoms with E-state index in [1.807, 2.05) is 6.92 Å². The highest BCUT2D eigenvalue weighted by molar-refractivity contribution is 9.10. The zero-order valence-electron chi connectivity index (χ0n) is 9.86. The third-order valence-electron chi connectivity index (χ3n) is 2.53. The van der Waals surface area contributed by atoms with Crippen molar-refractivity contribution in [1.29, 1.82) is 0 Å². The summed E-state index contributed by atoms with van der Waals surface area (Å²) in [5.41, 5.74) is 6.43. The molecule has 0 bridgehead atoms. The van der Waals surface area contributed by atoms with Gasteiger partial charge in [0.2, 0.25) is 11.7 Å². The fraction of sp³-hybridized carbons (Fsp3) is 0.333. The second-order valence-electron chi connectivity index (χ2n) is 3.98. The maximum atomic E-state index is 13.2. The van der Waals surface area contributed by atoms with Crippen LogP contribution in [0.15, 0.2) is 27.2 Å². The molecule has 2 rings (SSSR count). The molecule has 18 heavy (non-hydrogen) atoms. The van der Waals surface area contributed by atoms with Gasteiger partial charge in [0.05, 0.1) is 6.04 Å². The van der Waals surface area contributed by atoms with Gasteiger partial charge in [-0.05, 0) is 24.6 Å². The second-order valence-corrected chi connectivity index (χ2v) is 4.83. The number of rotatable bonds is 4. The summed E-state index contributed by atoms with van der Waals surface area (Å²) in [4.78, 5) is 4.20. The zero-order valence-corrected chi connectivity index (χ0v) is 11.4. The second kappa shape index (κ2) is 5.58. The topological polar surface area (TPSA) is 64.9 Å². The SMILES string of the molecule is CCC[C@@H](N)c1nc(-c2cc(F)ccc2Br)no1. The molecule has 0 radical (unpaired) electrons. The maximum Gasteiger partial charge on any atom is 0.243 e. The van der Waals surface area contributed by atoms with Crippen molar-refractivity contribution < 1.29 is 8.91 Å². The van der Waals surface area contributed by atoms with E-state index in [-0.39, 0.29) is 11.9 Å². The average Bonchev–Trinajstić information content (AvgIpc) is 2.82. The van der Waals surface area contributed by atoms with Crippen LogP contribution in [0.1, 0.15) is 31.7 Å². The van der Waals surface area contributed by atoms with Crippen LogP contribution >= 0.6 is 15.9 Å². The molecule has 1 heterocycles. The lowest BCUT2D eigenvalue weighted by molar-refractivity contribution is 0.348. The van der Waals surface area contributed by atoms with Gasteiger partial charge in [-0.25, -0.2) is 4.39 Å². The number of halogens is 2. The minimum atomic E-state index is -0.350. The Morgan fingerprint density at radius 1 is 1.50 bits per heavy atom. The van der Waals surface area contributed by atoms with Gasteiger partial charge in [-0.2, -0.15) is 4.98 Å². The Balaban J connectivity index is 2.32. The van der Waals surface area contributed by atoms with Crippen LogP contribution in [0, 0.1) is 5.82 Å². The van der Waals surface area contributed by atoms with Crippen molar-refractivity contribution >= 4 is 15.9 Å². The molecule has 0 saturated heterocycles. The molecule has 0 aliphatic carbocycles. The van der Waals surface area contributed by atoms with Gasteiger partial charge in [0.1, 0.15) is 5.82 Å². The molecule has 2 aromatic rings. The molecule has 4 nitrogen and oxygen atoms in total. The fourth-order valence-corrected chi connectivity index (χ4v) is 2.02. The van der Waals surface area contributed by atoms with Gasteiger partial charge < -0.3 is 10.3 Å². The van der Waals surface area contributed by atoms with E-state index >= 15 is 0 Å². The third-order valence-corrected chi connectivity index (χ3v) is 3.22. The van der Waals surface area contributed by atoms with E-state index in [2.05, 4.69) is 26.1 Å². The molecule has 2 N–H and O–H groups in total. The van der Waals surface area contributed by atoms with E-state index in [4.69, 9.17) is 10.3 Å². The standard InChI is InChI=1S/C12H13BrFN3O/c1-2-3-10(15)12-16-11(17-18-12)8-6-7(14)4-5-9(8)13/h4-6,10H,2-3,15H2,1H3/t10-/m1/s1. The van der Waals surface area contributed by atoms with Crippen LogP contribution in [0.2, 0.25) is 0 Å². The largest absolute Gasteiger partial charge is 0.337 e. The molecule has 1 atom stereocenters. The van der Waals surface area contributed by atoms with E-state index in [0.717, 1.165) is 12.8 Å². The first-order chi connectivity index (χ1) is 8.61. The third kappa shape index (κ3) is 2.76. The molecule has 0 aliphatic rings. The predicted molar refractivity (Wildman–Crippen MR) is 69.2 cm³/mol. The highest BCUT2D eigenvalue weighted by atomic mass is 79.9. The van der Waals surface area contributed by atoms with E-state index in [1.165, 1.54) is 12.1 Å². The number of hydrogen-bond acceptors (Lipinski definition) is 4. The Morgan fingerprint density at radius 2 is 2.28 bits per heavy atom. The van der Waals surface area contributed by atoms with Crippen LogP contribution < -0.4 is 5.73 Å². The Kier molecular flexibility index (Phi) is 4.08. The van der Waals surface area contributed by atoms with Crippen LogP contribution in [-0.2, 0) is 0 Å². The first-order valence-corrected chi connectivity index (χ1v) is 6.45. The first kappa shape index (κ1) is 13.2. The summed E-state index contributed by atoms with van der Waals surface area (Å²) in [6.45, 7) is 2.03. The van der Waals surface area contributed by atoms with Crippen LogP contribution in [0.3, 0.4) is 0 Å². The monoisotopic (exact) mass is 313 g/mol. The number of hydrogen-bond donors (Lipinski definition) is 1. The Labute approximate surface area is 113 Å². The molecule has 0 aliphatic heterocycles. The summed E-state index contributed by atoms with van der Waals surface area (Å²) in [5.74, 6) is 0.364. The lowest BCUT2D eigenvalue weighted by Crippen LogP contribution is -2.09. The van der Waals surface area contributed by atoms with Gasteiger partial charge >= 0.3 is 0 Å². The lowest BCUT2D eigenvalue weighted by Gasteiger charge is -2.02. The van der Waals surface area contributed by atoms with Gasteiger partial charge in [0.15, 0.2) is 0 Å². The number of benzene rings is 1. The van der Waals surface area contributed by atoms with Crippen molar-refractivity contribution in [2.45, 2.75) is 25.8 Å². The number of aromatic nitrogens is 2. The van der Waals surface area contributed by atoms with Crippen molar-refractivity contribution in [3.05, 3.63) is 34.4 Å². The average molecular weight is 314 g/mol. The molecule has 1 aromatic carbocycles. The van der Waals surface area contributed by atoms with Crippen LogP contribution in [0.25, 0.3) is 11.4 Å². The van der Waals surface area contributed by atoms with E-state index < -0.39 is 0 Å². The van der Waals surface area contributed by atoms with Crippen LogP contribution in [-0.4, -0.2) is 10.1 Å². The Morgan fingerprint density at radius 3 is 3.00 bits per heavy atom. The van der Waals surface area contributed by atoms with Gasteiger partial charge in [0, 0.05) is 10.0 Å². The molecule has 0 saturated carbocycles. The maximum absolute atomic E-state index is 13.2. The molecule has 0 unspecified atom stereocenters. The van der Waals surface area contributed by atoms with Crippen LogP contribution in [0.4, 0.5) is 4.39 Å². The van der Waals surface area contributed by atoms with Crippen molar-refractivity contribution in [2.24, 2.45) is 5.73 Å². The number of nitrogens with zero attached hydrogens (tertiary/aromatic N) is 2. The molecule has 0 fully saturated rings. The normalized spacial score (nSPS) is 12.7. The Hall–Kier alpha value is -1.27. The van der Waals surface area contributed by atoms with Crippen molar-refractivity contribution in [3.8, 4) is 11.4 Å². The van der Waals surface area contributed by atoms with Gasteiger partial charge in [-0.3, -0.25) is 0 Å². The predicted octanol–water partition coefficient (Wildman–Crippen LogP) is 3.44. The fourth-order valence-electron chi connectivity index (χ4n) is 1.60. The van der Waals surface area contributed by atoms with Gasteiger partial charge in [0.25, 0.3) is 0 Å². The summed E-state index contributed by atoms with van der Waals surface area (Å²) in [7, 11) is 0. The summed E-state index contributed by atoms with van der Waals surface area (Å²) in [6.07, 6.45) is 1.70. The Bertz CT molecular complexity index is 544. The first-order valence-electron chi connectivity index (χ1n) is 5.66. The van der Waals surface area contributed by atoms with E-state index in [9.17, 15) is 4.39 Å². The molecule has 0 spiro atoms. The van der Waals surface area contributed by atoms with Crippen molar-refractivity contribution in [3.63, 3.8) is 0 Å². The summed E-state index contributed by atoms with van der Waals surface area (Å²) >= 11 is 3.32.